The van der Waals surface area contributed by atoms with Gasteiger partial charge in [0, 0.05) is 12.2 Å². The summed E-state index contributed by atoms with van der Waals surface area (Å²) < 4.78 is 5.13. The van der Waals surface area contributed by atoms with E-state index in [2.05, 4.69) is 10.6 Å². The molecule has 1 unspecified atom stereocenters. The Bertz CT molecular complexity index is 758. The van der Waals surface area contributed by atoms with Gasteiger partial charge in [-0.25, -0.2) is 4.79 Å². The minimum Gasteiger partial charge on any atom is -0.452 e. The van der Waals surface area contributed by atoms with Crippen LogP contribution >= 0.6 is 0 Å². The Morgan fingerprint density at radius 1 is 1.18 bits per heavy atom. The smallest absolute Gasteiger partial charge is 0.325 e. The topological polar surface area (TPSA) is 105 Å². The number of carbonyl (C=O) groups is 4. The summed E-state index contributed by atoms with van der Waals surface area (Å²) in [6, 6.07) is 8.38. The molecule has 28 heavy (non-hydrogen) atoms. The highest BCUT2D eigenvalue weighted by Gasteiger charge is 2.51. The van der Waals surface area contributed by atoms with Crippen molar-refractivity contribution >= 4 is 29.5 Å². The number of anilines is 1. The Kier molecular flexibility index (Phi) is 5.96. The number of amides is 4. The Labute approximate surface area is 163 Å². The summed E-state index contributed by atoms with van der Waals surface area (Å²) in [4.78, 5) is 50.1. The number of hydrogen-bond donors (Lipinski definition) is 2. The highest BCUT2D eigenvalue weighted by molar-refractivity contribution is 6.07. The van der Waals surface area contributed by atoms with Crippen LogP contribution in [0.15, 0.2) is 30.3 Å². The molecule has 2 fully saturated rings. The van der Waals surface area contributed by atoms with Gasteiger partial charge in [-0.05, 0) is 31.9 Å². The van der Waals surface area contributed by atoms with E-state index in [0.29, 0.717) is 18.5 Å². The predicted octanol–water partition coefficient (Wildman–Crippen LogP) is 2.20. The molecule has 8 nitrogen and oxygen atoms in total. The van der Waals surface area contributed by atoms with Gasteiger partial charge in [0.2, 0.25) is 0 Å². The van der Waals surface area contributed by atoms with Gasteiger partial charge in [-0.15, -0.1) is 0 Å². The van der Waals surface area contributed by atoms with E-state index in [1.54, 1.807) is 24.3 Å². The van der Waals surface area contributed by atoms with Gasteiger partial charge >= 0.3 is 12.0 Å². The number of carbonyl (C=O) groups excluding carboxylic acids is 4. The molecule has 1 aromatic rings. The van der Waals surface area contributed by atoms with Crippen molar-refractivity contribution in [2.75, 3.05) is 11.9 Å². The lowest BCUT2D eigenvalue weighted by atomic mass is 9.82. The molecule has 150 valence electrons. The van der Waals surface area contributed by atoms with Gasteiger partial charge in [0.1, 0.15) is 5.54 Å². The summed E-state index contributed by atoms with van der Waals surface area (Å²) >= 11 is 0. The van der Waals surface area contributed by atoms with Gasteiger partial charge in [0.15, 0.2) is 6.10 Å². The first-order valence-corrected chi connectivity index (χ1v) is 9.61. The molecule has 1 atom stereocenters. The average Bonchev–Trinajstić information content (AvgIpc) is 2.90. The lowest BCUT2D eigenvalue weighted by Gasteiger charge is -2.30. The summed E-state index contributed by atoms with van der Waals surface area (Å²) in [7, 11) is 0. The highest BCUT2D eigenvalue weighted by Crippen LogP contribution is 2.33. The van der Waals surface area contributed by atoms with E-state index in [4.69, 9.17) is 4.74 Å². The molecule has 2 aliphatic rings. The van der Waals surface area contributed by atoms with Crippen LogP contribution in [0.5, 0.6) is 0 Å². The number of nitrogens with one attached hydrogen (secondary N) is 2. The molecule has 0 radical (unpaired) electrons. The molecule has 3 rings (SSSR count). The van der Waals surface area contributed by atoms with Crippen molar-refractivity contribution in [1.82, 2.24) is 10.2 Å². The molecule has 0 bridgehead atoms. The Balaban J connectivity index is 1.48. The van der Waals surface area contributed by atoms with Crippen LogP contribution in [0.4, 0.5) is 10.5 Å². The maximum absolute atomic E-state index is 12.7. The van der Waals surface area contributed by atoms with Gasteiger partial charge in [-0.1, -0.05) is 37.5 Å². The molecular weight excluding hydrogens is 362 g/mol. The molecular formula is C20H25N3O5. The second-order valence-electron chi connectivity index (χ2n) is 7.27. The van der Waals surface area contributed by atoms with Crippen molar-refractivity contribution in [1.29, 1.82) is 0 Å². The van der Waals surface area contributed by atoms with Crippen molar-refractivity contribution in [3.05, 3.63) is 30.3 Å². The zero-order valence-corrected chi connectivity index (χ0v) is 15.9. The van der Waals surface area contributed by atoms with Crippen LogP contribution in [0.25, 0.3) is 0 Å². The summed E-state index contributed by atoms with van der Waals surface area (Å²) in [6.07, 6.45) is 2.98. The Hall–Kier alpha value is -2.90. The van der Waals surface area contributed by atoms with E-state index in [-0.39, 0.29) is 18.9 Å². The predicted molar refractivity (Wildman–Crippen MR) is 101 cm³/mol. The number of ether oxygens (including phenoxy) is 1. The molecule has 1 aromatic carbocycles. The van der Waals surface area contributed by atoms with Crippen molar-refractivity contribution in [3.8, 4) is 0 Å². The third kappa shape index (κ3) is 4.32. The first kappa shape index (κ1) is 19.9. The maximum atomic E-state index is 12.7. The number of rotatable bonds is 6. The van der Waals surface area contributed by atoms with Crippen LogP contribution < -0.4 is 10.6 Å². The van der Waals surface area contributed by atoms with Gasteiger partial charge in [-0.2, -0.15) is 0 Å². The SMILES string of the molecule is CC(OC(=O)CCN1C(=O)NC2(CCCCC2)C1=O)C(=O)Nc1ccccc1. The fraction of sp³-hybridized carbons (Fsp3) is 0.500. The van der Waals surface area contributed by atoms with Crippen LogP contribution in [-0.2, 0) is 19.1 Å². The number of imide groups is 1. The summed E-state index contributed by atoms with van der Waals surface area (Å²) in [5.74, 6) is -1.35. The molecule has 1 heterocycles. The summed E-state index contributed by atoms with van der Waals surface area (Å²) in [5, 5.41) is 5.45. The average molecular weight is 387 g/mol. The zero-order chi connectivity index (χ0) is 20.1. The largest absolute Gasteiger partial charge is 0.452 e. The van der Waals surface area contributed by atoms with Gasteiger partial charge in [0.05, 0.1) is 6.42 Å². The van der Waals surface area contributed by atoms with Gasteiger partial charge in [0.25, 0.3) is 11.8 Å². The van der Waals surface area contributed by atoms with Crippen LogP contribution in [-0.4, -0.2) is 46.9 Å². The molecule has 1 aliphatic heterocycles. The first-order valence-electron chi connectivity index (χ1n) is 9.61. The minimum absolute atomic E-state index is 0.0573. The van der Waals surface area contributed by atoms with E-state index in [9.17, 15) is 19.2 Å². The van der Waals surface area contributed by atoms with Gasteiger partial charge in [-0.3, -0.25) is 19.3 Å². The summed E-state index contributed by atoms with van der Waals surface area (Å²) in [6.45, 7) is 1.42. The van der Waals surface area contributed by atoms with Crippen molar-refractivity contribution < 1.29 is 23.9 Å². The van der Waals surface area contributed by atoms with Crippen molar-refractivity contribution in [2.24, 2.45) is 0 Å². The van der Waals surface area contributed by atoms with Gasteiger partial charge < -0.3 is 15.4 Å². The fourth-order valence-corrected chi connectivity index (χ4v) is 3.65. The van der Waals surface area contributed by atoms with Crippen LogP contribution in [0.3, 0.4) is 0 Å². The van der Waals surface area contributed by atoms with E-state index in [1.165, 1.54) is 6.92 Å². The van der Waals surface area contributed by atoms with Crippen LogP contribution in [0.2, 0.25) is 0 Å². The molecule has 1 saturated heterocycles. The highest BCUT2D eigenvalue weighted by atomic mass is 16.5. The molecule has 8 heteroatoms. The van der Waals surface area contributed by atoms with E-state index in [1.807, 2.05) is 6.07 Å². The normalized spacial score (nSPS) is 19.2. The van der Waals surface area contributed by atoms with Crippen molar-refractivity contribution in [3.63, 3.8) is 0 Å². The number of nitrogens with zero attached hydrogens (tertiary/aromatic N) is 1. The number of benzene rings is 1. The number of para-hydroxylation sites is 1. The second kappa shape index (κ2) is 8.41. The third-order valence-electron chi connectivity index (χ3n) is 5.21. The van der Waals surface area contributed by atoms with E-state index < -0.39 is 29.6 Å². The van der Waals surface area contributed by atoms with Crippen LogP contribution in [0, 0.1) is 0 Å². The lowest BCUT2D eigenvalue weighted by Crippen LogP contribution is -2.48. The van der Waals surface area contributed by atoms with Crippen LogP contribution in [0.1, 0.15) is 45.4 Å². The lowest BCUT2D eigenvalue weighted by molar-refractivity contribution is -0.153. The monoisotopic (exact) mass is 387 g/mol. The standard InChI is InChI=1S/C20H25N3O5/c1-14(17(25)21-15-8-4-2-5-9-15)28-16(24)10-13-23-18(26)20(22-19(23)27)11-6-3-7-12-20/h2,4-5,8-9,14H,3,6-7,10-13H2,1H3,(H,21,25)(H,22,27). The molecule has 1 aliphatic carbocycles. The number of hydrogen-bond acceptors (Lipinski definition) is 5. The molecule has 2 N–H and O–H groups in total. The minimum atomic E-state index is -0.986. The number of urea groups is 1. The molecule has 1 saturated carbocycles. The molecule has 4 amide bonds. The molecule has 1 spiro atoms. The Morgan fingerprint density at radius 3 is 2.54 bits per heavy atom. The third-order valence-corrected chi connectivity index (χ3v) is 5.21. The first-order chi connectivity index (χ1) is 13.4. The quantitative estimate of drug-likeness (QED) is 0.575. The summed E-state index contributed by atoms with van der Waals surface area (Å²) in [5.41, 5.74) is -0.199. The van der Waals surface area contributed by atoms with E-state index in [0.717, 1.165) is 24.2 Å². The zero-order valence-electron chi connectivity index (χ0n) is 15.9. The molecule has 0 aromatic heterocycles. The van der Waals surface area contributed by atoms with E-state index >= 15 is 0 Å². The Morgan fingerprint density at radius 2 is 1.86 bits per heavy atom. The van der Waals surface area contributed by atoms with Crippen molar-refractivity contribution in [2.45, 2.75) is 57.1 Å². The fourth-order valence-electron chi connectivity index (χ4n) is 3.65. The maximum Gasteiger partial charge on any atom is 0.325 e. The second-order valence-corrected chi connectivity index (χ2v) is 7.27. The number of esters is 1.